The van der Waals surface area contributed by atoms with Crippen molar-refractivity contribution in [3.05, 3.63) is 11.6 Å². The fourth-order valence-electron chi connectivity index (χ4n) is 3.11. The molecule has 0 bridgehead atoms. The molecule has 14 heavy (non-hydrogen) atoms. The highest BCUT2D eigenvalue weighted by atomic mass is 14.6. The van der Waals surface area contributed by atoms with Gasteiger partial charge in [-0.1, -0.05) is 37.8 Å². The summed E-state index contributed by atoms with van der Waals surface area (Å²) in [5, 5.41) is 0. The molecule has 0 radical (unpaired) electrons. The van der Waals surface area contributed by atoms with Crippen LogP contribution in [-0.4, -0.2) is 6.04 Å². The number of hydrogen-bond donors (Lipinski definition) is 1. The van der Waals surface area contributed by atoms with E-state index in [1.165, 1.54) is 44.9 Å². The Kier molecular flexibility index (Phi) is 3.27. The Hall–Kier alpha value is -0.300. The van der Waals surface area contributed by atoms with Gasteiger partial charge >= 0.3 is 0 Å². The average Bonchev–Trinajstić information content (AvgIpc) is 2.65. The second-order valence-electron chi connectivity index (χ2n) is 5.08. The van der Waals surface area contributed by atoms with Gasteiger partial charge in [0.2, 0.25) is 0 Å². The SMILES string of the molecule is CCC1CCCC(C2=CC(N)CC2)C1. The predicted octanol–water partition coefficient (Wildman–Crippen LogP) is 3.25. The summed E-state index contributed by atoms with van der Waals surface area (Å²) in [6.07, 6.45) is 12.0. The highest BCUT2D eigenvalue weighted by Crippen LogP contribution is 2.38. The summed E-state index contributed by atoms with van der Waals surface area (Å²) in [5.74, 6) is 1.88. The summed E-state index contributed by atoms with van der Waals surface area (Å²) >= 11 is 0. The molecule has 2 aliphatic carbocycles. The van der Waals surface area contributed by atoms with Crippen molar-refractivity contribution in [2.24, 2.45) is 17.6 Å². The van der Waals surface area contributed by atoms with E-state index in [0.29, 0.717) is 6.04 Å². The van der Waals surface area contributed by atoms with E-state index in [1.54, 1.807) is 5.57 Å². The first-order chi connectivity index (χ1) is 6.79. The molecule has 2 N–H and O–H groups in total. The molecule has 80 valence electrons. The van der Waals surface area contributed by atoms with Gasteiger partial charge in [0.25, 0.3) is 0 Å². The maximum absolute atomic E-state index is 5.92. The summed E-state index contributed by atoms with van der Waals surface area (Å²) in [4.78, 5) is 0. The molecule has 0 amide bonds. The summed E-state index contributed by atoms with van der Waals surface area (Å²) in [7, 11) is 0. The summed E-state index contributed by atoms with van der Waals surface area (Å²) in [6.45, 7) is 2.34. The zero-order valence-corrected chi connectivity index (χ0v) is 9.34. The molecule has 2 rings (SSSR count). The van der Waals surface area contributed by atoms with Crippen molar-refractivity contribution in [2.75, 3.05) is 0 Å². The van der Waals surface area contributed by atoms with Crippen molar-refractivity contribution >= 4 is 0 Å². The molecular weight excluding hydrogens is 170 g/mol. The molecule has 0 saturated heterocycles. The van der Waals surface area contributed by atoms with Crippen LogP contribution in [0.25, 0.3) is 0 Å². The maximum atomic E-state index is 5.92. The van der Waals surface area contributed by atoms with Crippen LogP contribution in [0.4, 0.5) is 0 Å². The van der Waals surface area contributed by atoms with Gasteiger partial charge in [-0.05, 0) is 37.5 Å². The van der Waals surface area contributed by atoms with Crippen LogP contribution in [0.1, 0.15) is 51.9 Å². The molecule has 1 fully saturated rings. The standard InChI is InChI=1S/C13H23N/c1-2-10-4-3-5-11(8-10)12-6-7-13(14)9-12/h9-11,13H,2-8,14H2,1H3. The smallest absolute Gasteiger partial charge is 0.0229 e. The van der Waals surface area contributed by atoms with Gasteiger partial charge in [-0.15, -0.1) is 0 Å². The number of hydrogen-bond acceptors (Lipinski definition) is 1. The van der Waals surface area contributed by atoms with Crippen LogP contribution in [-0.2, 0) is 0 Å². The molecule has 1 heteroatoms. The van der Waals surface area contributed by atoms with E-state index in [4.69, 9.17) is 5.73 Å². The van der Waals surface area contributed by atoms with Crippen LogP contribution in [0.3, 0.4) is 0 Å². The van der Waals surface area contributed by atoms with Crippen molar-refractivity contribution in [1.29, 1.82) is 0 Å². The van der Waals surface area contributed by atoms with E-state index in [0.717, 1.165) is 11.8 Å². The van der Waals surface area contributed by atoms with Gasteiger partial charge in [0.15, 0.2) is 0 Å². The molecule has 3 unspecified atom stereocenters. The monoisotopic (exact) mass is 193 g/mol. The zero-order valence-electron chi connectivity index (χ0n) is 9.34. The fourth-order valence-corrected chi connectivity index (χ4v) is 3.11. The first-order valence-electron chi connectivity index (χ1n) is 6.25. The third kappa shape index (κ3) is 2.20. The largest absolute Gasteiger partial charge is 0.324 e. The fraction of sp³-hybridized carbons (Fsp3) is 0.846. The van der Waals surface area contributed by atoms with E-state index in [2.05, 4.69) is 13.0 Å². The third-order valence-electron chi connectivity index (χ3n) is 4.08. The Bertz CT molecular complexity index is 219. The molecule has 0 heterocycles. The van der Waals surface area contributed by atoms with Gasteiger partial charge in [0, 0.05) is 6.04 Å². The number of nitrogens with two attached hydrogens (primary N) is 1. The Labute approximate surface area is 87.8 Å². The molecule has 0 aromatic carbocycles. The Morgan fingerprint density at radius 2 is 2.21 bits per heavy atom. The molecule has 0 spiro atoms. The number of allylic oxidation sites excluding steroid dienone is 1. The van der Waals surface area contributed by atoms with Crippen LogP contribution in [0.2, 0.25) is 0 Å². The maximum Gasteiger partial charge on any atom is 0.0229 e. The summed E-state index contributed by atoms with van der Waals surface area (Å²) in [5.41, 5.74) is 7.61. The highest BCUT2D eigenvalue weighted by molar-refractivity contribution is 5.17. The summed E-state index contributed by atoms with van der Waals surface area (Å²) in [6, 6.07) is 0.368. The van der Waals surface area contributed by atoms with Gasteiger partial charge in [-0.3, -0.25) is 0 Å². The minimum Gasteiger partial charge on any atom is -0.324 e. The lowest BCUT2D eigenvalue weighted by molar-refractivity contribution is 0.286. The van der Waals surface area contributed by atoms with E-state index in [-0.39, 0.29) is 0 Å². The number of rotatable bonds is 2. The van der Waals surface area contributed by atoms with Gasteiger partial charge < -0.3 is 5.73 Å². The van der Waals surface area contributed by atoms with Gasteiger partial charge in [0.05, 0.1) is 0 Å². The molecule has 2 aliphatic rings. The Morgan fingerprint density at radius 1 is 1.36 bits per heavy atom. The average molecular weight is 193 g/mol. The van der Waals surface area contributed by atoms with Crippen LogP contribution in [0.15, 0.2) is 11.6 Å². The molecule has 3 atom stereocenters. The van der Waals surface area contributed by atoms with E-state index < -0.39 is 0 Å². The van der Waals surface area contributed by atoms with Crippen LogP contribution in [0.5, 0.6) is 0 Å². The highest BCUT2D eigenvalue weighted by Gasteiger charge is 2.26. The van der Waals surface area contributed by atoms with Crippen molar-refractivity contribution in [2.45, 2.75) is 57.9 Å². The van der Waals surface area contributed by atoms with E-state index in [9.17, 15) is 0 Å². The van der Waals surface area contributed by atoms with Crippen molar-refractivity contribution in [3.8, 4) is 0 Å². The second-order valence-corrected chi connectivity index (χ2v) is 5.08. The quantitative estimate of drug-likeness (QED) is 0.669. The van der Waals surface area contributed by atoms with Gasteiger partial charge in [-0.25, -0.2) is 0 Å². The zero-order chi connectivity index (χ0) is 9.97. The lowest BCUT2D eigenvalue weighted by atomic mass is 9.76. The van der Waals surface area contributed by atoms with Crippen molar-refractivity contribution < 1.29 is 0 Å². The van der Waals surface area contributed by atoms with Crippen LogP contribution >= 0.6 is 0 Å². The lowest BCUT2D eigenvalue weighted by Crippen LogP contribution is -2.16. The lowest BCUT2D eigenvalue weighted by Gasteiger charge is -2.29. The third-order valence-corrected chi connectivity index (χ3v) is 4.08. The van der Waals surface area contributed by atoms with Crippen molar-refractivity contribution in [3.63, 3.8) is 0 Å². The molecule has 0 aliphatic heterocycles. The van der Waals surface area contributed by atoms with Crippen molar-refractivity contribution in [1.82, 2.24) is 0 Å². The minimum atomic E-state index is 0.368. The second kappa shape index (κ2) is 4.48. The molecule has 0 aromatic heterocycles. The Morgan fingerprint density at radius 3 is 2.86 bits per heavy atom. The first kappa shape index (κ1) is 10.2. The molecule has 1 nitrogen and oxygen atoms in total. The van der Waals surface area contributed by atoms with E-state index >= 15 is 0 Å². The van der Waals surface area contributed by atoms with Crippen LogP contribution in [0, 0.1) is 11.8 Å². The van der Waals surface area contributed by atoms with Crippen LogP contribution < -0.4 is 5.73 Å². The summed E-state index contributed by atoms with van der Waals surface area (Å²) < 4.78 is 0. The molecule has 0 aromatic rings. The Balaban J connectivity index is 1.94. The minimum absolute atomic E-state index is 0.368. The van der Waals surface area contributed by atoms with E-state index in [1.807, 2.05) is 0 Å². The van der Waals surface area contributed by atoms with Gasteiger partial charge in [0.1, 0.15) is 0 Å². The topological polar surface area (TPSA) is 26.0 Å². The first-order valence-corrected chi connectivity index (χ1v) is 6.25. The normalized spacial score (nSPS) is 38.4. The molecular formula is C13H23N. The predicted molar refractivity (Wildman–Crippen MR) is 61.0 cm³/mol. The molecule has 1 saturated carbocycles. The van der Waals surface area contributed by atoms with Gasteiger partial charge in [-0.2, -0.15) is 0 Å².